The number of nitrogens with two attached hydrogens (primary N) is 1. The van der Waals surface area contributed by atoms with Gasteiger partial charge in [-0.05, 0) is 30.4 Å². The Bertz CT molecular complexity index is 372. The highest BCUT2D eigenvalue weighted by molar-refractivity contribution is 5.61. The predicted molar refractivity (Wildman–Crippen MR) is 67.9 cm³/mol. The van der Waals surface area contributed by atoms with Crippen LogP contribution in [0.4, 0.5) is 11.4 Å². The third-order valence-electron chi connectivity index (χ3n) is 3.51. The van der Waals surface area contributed by atoms with Crippen molar-refractivity contribution in [2.45, 2.75) is 26.2 Å². The van der Waals surface area contributed by atoms with Crippen LogP contribution in [0.3, 0.4) is 0 Å². The van der Waals surface area contributed by atoms with Gasteiger partial charge in [-0.25, -0.2) is 0 Å². The van der Waals surface area contributed by atoms with E-state index in [1.165, 1.54) is 19.3 Å². The van der Waals surface area contributed by atoms with E-state index in [1.54, 1.807) is 7.11 Å². The average molecular weight is 220 g/mol. The molecular weight excluding hydrogens is 200 g/mol. The summed E-state index contributed by atoms with van der Waals surface area (Å²) in [5, 5.41) is 3.45. The number of hydrogen-bond acceptors (Lipinski definition) is 3. The number of anilines is 2. The van der Waals surface area contributed by atoms with E-state index in [0.717, 1.165) is 18.0 Å². The number of nitrogen functional groups attached to an aromatic ring is 1. The molecule has 1 fully saturated rings. The maximum atomic E-state index is 5.77. The van der Waals surface area contributed by atoms with Crippen LogP contribution in [-0.2, 0) is 0 Å². The molecule has 1 saturated carbocycles. The molecule has 2 rings (SSSR count). The van der Waals surface area contributed by atoms with Gasteiger partial charge in [0.05, 0.1) is 12.8 Å². The second kappa shape index (κ2) is 4.24. The summed E-state index contributed by atoms with van der Waals surface area (Å²) in [5.74, 6) is 0.740. The Morgan fingerprint density at radius 1 is 1.44 bits per heavy atom. The van der Waals surface area contributed by atoms with Crippen LogP contribution < -0.4 is 15.8 Å². The summed E-state index contributed by atoms with van der Waals surface area (Å²) >= 11 is 0. The van der Waals surface area contributed by atoms with Gasteiger partial charge in [-0.2, -0.15) is 0 Å². The standard InChI is InChI=1S/C13H20N2O/c1-13(6-3-7-13)9-15-10-4-5-11(14)12(8-10)16-2/h4-5,8,15H,3,6-7,9,14H2,1-2H3. The molecule has 1 aromatic carbocycles. The molecule has 0 saturated heterocycles. The summed E-state index contributed by atoms with van der Waals surface area (Å²) in [6.07, 6.45) is 4.02. The van der Waals surface area contributed by atoms with Crippen molar-refractivity contribution in [1.29, 1.82) is 0 Å². The van der Waals surface area contributed by atoms with Crippen molar-refractivity contribution in [3.63, 3.8) is 0 Å². The Morgan fingerprint density at radius 3 is 2.75 bits per heavy atom. The first-order valence-corrected chi connectivity index (χ1v) is 5.80. The van der Waals surface area contributed by atoms with Crippen LogP contribution in [0.5, 0.6) is 5.75 Å². The van der Waals surface area contributed by atoms with E-state index in [4.69, 9.17) is 10.5 Å². The van der Waals surface area contributed by atoms with Gasteiger partial charge >= 0.3 is 0 Å². The summed E-state index contributed by atoms with van der Waals surface area (Å²) in [4.78, 5) is 0. The quantitative estimate of drug-likeness (QED) is 0.767. The van der Waals surface area contributed by atoms with Crippen LogP contribution in [0, 0.1) is 5.41 Å². The molecule has 0 atom stereocenters. The Kier molecular flexibility index (Phi) is 2.95. The van der Waals surface area contributed by atoms with Crippen molar-refractivity contribution in [1.82, 2.24) is 0 Å². The lowest BCUT2D eigenvalue weighted by atomic mass is 9.70. The summed E-state index contributed by atoms with van der Waals surface area (Å²) in [5.41, 5.74) is 8.01. The van der Waals surface area contributed by atoms with Crippen LogP contribution >= 0.6 is 0 Å². The number of nitrogens with one attached hydrogen (secondary N) is 1. The van der Waals surface area contributed by atoms with E-state index in [1.807, 2.05) is 18.2 Å². The molecule has 0 amide bonds. The second-order valence-corrected chi connectivity index (χ2v) is 4.97. The Morgan fingerprint density at radius 2 is 2.19 bits per heavy atom. The van der Waals surface area contributed by atoms with Gasteiger partial charge in [0.1, 0.15) is 5.75 Å². The molecule has 0 radical (unpaired) electrons. The lowest BCUT2D eigenvalue weighted by molar-refractivity contribution is 0.180. The molecule has 1 aliphatic rings. The molecule has 88 valence electrons. The lowest BCUT2D eigenvalue weighted by Crippen LogP contribution is -2.33. The van der Waals surface area contributed by atoms with Crippen molar-refractivity contribution >= 4 is 11.4 Å². The van der Waals surface area contributed by atoms with Gasteiger partial charge in [0.2, 0.25) is 0 Å². The van der Waals surface area contributed by atoms with E-state index in [-0.39, 0.29) is 0 Å². The van der Waals surface area contributed by atoms with E-state index < -0.39 is 0 Å². The zero-order valence-electron chi connectivity index (χ0n) is 10.0. The maximum Gasteiger partial charge on any atom is 0.143 e. The number of hydrogen-bond donors (Lipinski definition) is 2. The molecule has 0 unspecified atom stereocenters. The number of benzene rings is 1. The van der Waals surface area contributed by atoms with Gasteiger partial charge in [0.25, 0.3) is 0 Å². The first-order chi connectivity index (χ1) is 7.63. The van der Waals surface area contributed by atoms with Crippen LogP contribution in [0.1, 0.15) is 26.2 Å². The summed E-state index contributed by atoms with van der Waals surface area (Å²) in [7, 11) is 1.64. The highest BCUT2D eigenvalue weighted by Crippen LogP contribution is 2.40. The molecule has 3 nitrogen and oxygen atoms in total. The largest absolute Gasteiger partial charge is 0.495 e. The van der Waals surface area contributed by atoms with E-state index in [0.29, 0.717) is 11.1 Å². The van der Waals surface area contributed by atoms with Crippen LogP contribution in [0.15, 0.2) is 18.2 Å². The number of ether oxygens (including phenoxy) is 1. The number of methoxy groups -OCH3 is 1. The smallest absolute Gasteiger partial charge is 0.143 e. The highest BCUT2D eigenvalue weighted by Gasteiger charge is 2.31. The molecule has 3 heteroatoms. The fraction of sp³-hybridized carbons (Fsp3) is 0.538. The van der Waals surface area contributed by atoms with Gasteiger partial charge in [0.15, 0.2) is 0 Å². The van der Waals surface area contributed by atoms with E-state index in [9.17, 15) is 0 Å². The van der Waals surface area contributed by atoms with Gasteiger partial charge in [-0.3, -0.25) is 0 Å². The fourth-order valence-corrected chi connectivity index (χ4v) is 2.09. The minimum atomic E-state index is 0.481. The maximum absolute atomic E-state index is 5.77. The molecular formula is C13H20N2O. The molecule has 3 N–H and O–H groups in total. The van der Waals surface area contributed by atoms with Crippen molar-refractivity contribution < 1.29 is 4.74 Å². The molecule has 0 aromatic heterocycles. The molecule has 0 bridgehead atoms. The van der Waals surface area contributed by atoms with E-state index >= 15 is 0 Å². The highest BCUT2D eigenvalue weighted by atomic mass is 16.5. The Hall–Kier alpha value is -1.38. The molecule has 0 heterocycles. The fourth-order valence-electron chi connectivity index (χ4n) is 2.09. The van der Waals surface area contributed by atoms with Crippen LogP contribution in [-0.4, -0.2) is 13.7 Å². The topological polar surface area (TPSA) is 47.3 Å². The van der Waals surface area contributed by atoms with Crippen molar-refractivity contribution in [3.8, 4) is 5.75 Å². The lowest BCUT2D eigenvalue weighted by Gasteiger charge is -2.38. The van der Waals surface area contributed by atoms with Crippen LogP contribution in [0.2, 0.25) is 0 Å². The molecule has 1 aliphatic carbocycles. The Labute approximate surface area is 97.0 Å². The zero-order valence-corrected chi connectivity index (χ0v) is 10.0. The minimum Gasteiger partial charge on any atom is -0.495 e. The first-order valence-electron chi connectivity index (χ1n) is 5.80. The first kappa shape index (κ1) is 11.1. The van der Waals surface area contributed by atoms with Gasteiger partial charge in [-0.15, -0.1) is 0 Å². The average Bonchev–Trinajstić information content (AvgIpc) is 2.25. The summed E-state index contributed by atoms with van der Waals surface area (Å²) < 4.78 is 5.19. The summed E-state index contributed by atoms with van der Waals surface area (Å²) in [6, 6.07) is 5.83. The molecule has 16 heavy (non-hydrogen) atoms. The third kappa shape index (κ3) is 2.23. The monoisotopic (exact) mass is 220 g/mol. The van der Waals surface area contributed by atoms with E-state index in [2.05, 4.69) is 12.2 Å². The number of rotatable bonds is 4. The molecule has 0 spiro atoms. The SMILES string of the molecule is COc1cc(NCC2(C)CCC2)ccc1N. The van der Waals surface area contributed by atoms with Gasteiger partial charge < -0.3 is 15.8 Å². The third-order valence-corrected chi connectivity index (χ3v) is 3.51. The van der Waals surface area contributed by atoms with Crippen molar-refractivity contribution in [2.24, 2.45) is 5.41 Å². The second-order valence-electron chi connectivity index (χ2n) is 4.97. The van der Waals surface area contributed by atoms with Crippen molar-refractivity contribution in [3.05, 3.63) is 18.2 Å². The van der Waals surface area contributed by atoms with Gasteiger partial charge in [-0.1, -0.05) is 13.3 Å². The van der Waals surface area contributed by atoms with Crippen LogP contribution in [0.25, 0.3) is 0 Å². The zero-order chi connectivity index (χ0) is 11.6. The van der Waals surface area contributed by atoms with Gasteiger partial charge in [0, 0.05) is 18.3 Å². The minimum absolute atomic E-state index is 0.481. The molecule has 1 aromatic rings. The molecule has 0 aliphatic heterocycles. The normalized spacial score (nSPS) is 17.6. The Balaban J connectivity index is 1.98. The van der Waals surface area contributed by atoms with Crippen molar-refractivity contribution in [2.75, 3.05) is 24.7 Å². The summed E-state index contributed by atoms with van der Waals surface area (Å²) in [6.45, 7) is 3.36. The predicted octanol–water partition coefficient (Wildman–Crippen LogP) is 2.88.